The average Bonchev–Trinajstić information content (AvgIpc) is 3.10. The van der Waals surface area contributed by atoms with Crippen molar-refractivity contribution in [3.8, 4) is 11.3 Å². The number of nitrogens with zero attached hydrogens (tertiary/aromatic N) is 1. The summed E-state index contributed by atoms with van der Waals surface area (Å²) in [4.78, 5) is 16.9. The van der Waals surface area contributed by atoms with Gasteiger partial charge < -0.3 is 0 Å². The van der Waals surface area contributed by atoms with Crippen molar-refractivity contribution in [2.75, 3.05) is 5.32 Å². The maximum atomic E-state index is 12.3. The first-order valence-electron chi connectivity index (χ1n) is 7.71. The second-order valence-corrected chi connectivity index (χ2v) is 6.80. The Kier molecular flexibility index (Phi) is 4.22. The highest BCUT2D eigenvalue weighted by atomic mass is 35.5. The molecule has 4 rings (SSSR count). The fraction of sp³-hybridized carbons (Fsp3) is 0. The Balaban J connectivity index is 1.59. The number of carbonyl (C=O) groups is 1. The number of hydrogen-bond donors (Lipinski definition) is 1. The van der Waals surface area contributed by atoms with Crippen LogP contribution in [0.3, 0.4) is 0 Å². The average molecular weight is 365 g/mol. The van der Waals surface area contributed by atoms with Crippen LogP contribution in [0, 0.1) is 0 Å². The van der Waals surface area contributed by atoms with Crippen LogP contribution in [0.15, 0.2) is 72.1 Å². The van der Waals surface area contributed by atoms with Crippen molar-refractivity contribution < 1.29 is 4.79 Å². The van der Waals surface area contributed by atoms with E-state index in [4.69, 9.17) is 11.6 Å². The van der Waals surface area contributed by atoms with E-state index in [2.05, 4.69) is 34.6 Å². The zero-order chi connectivity index (χ0) is 17.2. The molecular formula is C20H13ClN2OS. The van der Waals surface area contributed by atoms with Crippen LogP contribution in [0.25, 0.3) is 22.0 Å². The van der Waals surface area contributed by atoms with Crippen molar-refractivity contribution >= 4 is 44.7 Å². The van der Waals surface area contributed by atoms with Crippen LogP contribution in [0.1, 0.15) is 10.4 Å². The van der Waals surface area contributed by atoms with E-state index in [0.29, 0.717) is 15.7 Å². The van der Waals surface area contributed by atoms with Crippen LogP contribution in [-0.2, 0) is 0 Å². The van der Waals surface area contributed by atoms with Gasteiger partial charge in [0.25, 0.3) is 5.91 Å². The van der Waals surface area contributed by atoms with Crippen molar-refractivity contribution in [2.24, 2.45) is 0 Å². The predicted molar refractivity (Wildman–Crippen MR) is 104 cm³/mol. The van der Waals surface area contributed by atoms with Crippen LogP contribution in [-0.4, -0.2) is 10.9 Å². The smallest absolute Gasteiger partial charge is 0.258 e. The van der Waals surface area contributed by atoms with Gasteiger partial charge in [-0.3, -0.25) is 10.1 Å². The molecule has 0 fully saturated rings. The lowest BCUT2D eigenvalue weighted by atomic mass is 10.1. The number of thiazole rings is 1. The van der Waals surface area contributed by atoms with E-state index in [1.165, 1.54) is 16.7 Å². The first-order valence-corrected chi connectivity index (χ1v) is 8.97. The quantitative estimate of drug-likeness (QED) is 0.494. The molecule has 5 heteroatoms. The lowest BCUT2D eigenvalue weighted by Gasteiger charge is -2.03. The SMILES string of the molecule is O=C(Nc1nc(-c2ccc3ccccc3c2)cs1)c1ccccc1Cl. The summed E-state index contributed by atoms with van der Waals surface area (Å²) in [5, 5.41) is 8.07. The molecule has 0 radical (unpaired) electrons. The minimum absolute atomic E-state index is 0.259. The van der Waals surface area contributed by atoms with Crippen LogP contribution < -0.4 is 5.32 Å². The van der Waals surface area contributed by atoms with Crippen LogP contribution in [0.2, 0.25) is 5.02 Å². The summed E-state index contributed by atoms with van der Waals surface area (Å²) in [7, 11) is 0. The van der Waals surface area contributed by atoms with Crippen LogP contribution >= 0.6 is 22.9 Å². The summed E-state index contributed by atoms with van der Waals surface area (Å²) >= 11 is 7.46. The molecule has 1 amide bonds. The summed E-state index contributed by atoms with van der Waals surface area (Å²) in [6.07, 6.45) is 0. The van der Waals surface area contributed by atoms with Gasteiger partial charge in [0.2, 0.25) is 0 Å². The molecule has 0 saturated heterocycles. The molecule has 1 heterocycles. The highest BCUT2D eigenvalue weighted by molar-refractivity contribution is 7.14. The minimum atomic E-state index is -0.259. The number of halogens is 1. The van der Waals surface area contributed by atoms with Gasteiger partial charge in [-0.25, -0.2) is 4.98 Å². The fourth-order valence-electron chi connectivity index (χ4n) is 2.62. The molecule has 0 bridgehead atoms. The first kappa shape index (κ1) is 15.8. The Labute approximate surface area is 153 Å². The topological polar surface area (TPSA) is 42.0 Å². The summed E-state index contributed by atoms with van der Waals surface area (Å²) in [5.74, 6) is -0.259. The molecule has 3 aromatic carbocycles. The van der Waals surface area contributed by atoms with Crippen molar-refractivity contribution in [3.05, 3.63) is 82.7 Å². The van der Waals surface area contributed by atoms with Gasteiger partial charge in [-0.2, -0.15) is 0 Å². The van der Waals surface area contributed by atoms with Crippen molar-refractivity contribution in [1.29, 1.82) is 0 Å². The van der Waals surface area contributed by atoms with Gasteiger partial charge in [0.15, 0.2) is 5.13 Å². The molecule has 0 aliphatic rings. The van der Waals surface area contributed by atoms with Crippen molar-refractivity contribution in [2.45, 2.75) is 0 Å². The normalized spacial score (nSPS) is 10.8. The van der Waals surface area contributed by atoms with Gasteiger partial charge in [-0.15, -0.1) is 11.3 Å². The second kappa shape index (κ2) is 6.67. The molecular weight excluding hydrogens is 352 g/mol. The Morgan fingerprint density at radius 1 is 0.960 bits per heavy atom. The third-order valence-corrected chi connectivity index (χ3v) is 4.98. The summed E-state index contributed by atoms with van der Waals surface area (Å²) in [5.41, 5.74) is 2.30. The molecule has 4 aromatic rings. The Hall–Kier alpha value is -2.69. The van der Waals surface area contributed by atoms with Gasteiger partial charge in [-0.1, -0.05) is 60.1 Å². The largest absolute Gasteiger partial charge is 0.298 e. The molecule has 3 nitrogen and oxygen atoms in total. The number of carbonyl (C=O) groups excluding carboxylic acids is 1. The number of aromatic nitrogens is 1. The summed E-state index contributed by atoms with van der Waals surface area (Å²) in [6, 6.07) is 21.4. The zero-order valence-corrected chi connectivity index (χ0v) is 14.6. The molecule has 25 heavy (non-hydrogen) atoms. The Morgan fingerprint density at radius 3 is 2.56 bits per heavy atom. The molecule has 1 aromatic heterocycles. The molecule has 0 unspecified atom stereocenters. The van der Waals surface area contributed by atoms with Crippen LogP contribution in [0.5, 0.6) is 0 Å². The number of benzene rings is 3. The molecule has 1 N–H and O–H groups in total. The van der Waals surface area contributed by atoms with E-state index in [1.54, 1.807) is 24.3 Å². The predicted octanol–water partition coefficient (Wildman–Crippen LogP) is 5.87. The summed E-state index contributed by atoms with van der Waals surface area (Å²) < 4.78 is 0. The molecule has 0 spiro atoms. The number of anilines is 1. The number of hydrogen-bond acceptors (Lipinski definition) is 3. The van der Waals surface area contributed by atoms with Gasteiger partial charge >= 0.3 is 0 Å². The molecule has 0 saturated carbocycles. The van der Waals surface area contributed by atoms with Gasteiger partial charge in [0, 0.05) is 10.9 Å². The third kappa shape index (κ3) is 3.27. The van der Waals surface area contributed by atoms with E-state index < -0.39 is 0 Å². The number of amides is 1. The fourth-order valence-corrected chi connectivity index (χ4v) is 3.56. The highest BCUT2D eigenvalue weighted by Gasteiger charge is 2.12. The highest BCUT2D eigenvalue weighted by Crippen LogP contribution is 2.28. The van der Waals surface area contributed by atoms with Gasteiger partial charge in [0.05, 0.1) is 16.3 Å². The third-order valence-electron chi connectivity index (χ3n) is 3.89. The minimum Gasteiger partial charge on any atom is -0.298 e. The molecule has 0 aliphatic heterocycles. The Bertz CT molecular complexity index is 1070. The van der Waals surface area contributed by atoms with E-state index in [-0.39, 0.29) is 5.91 Å². The number of nitrogens with one attached hydrogen (secondary N) is 1. The van der Waals surface area contributed by atoms with Gasteiger partial charge in [0.1, 0.15) is 0 Å². The van der Waals surface area contributed by atoms with E-state index >= 15 is 0 Å². The van der Waals surface area contributed by atoms with Crippen molar-refractivity contribution in [1.82, 2.24) is 4.98 Å². The second-order valence-electron chi connectivity index (χ2n) is 5.53. The standard InChI is InChI=1S/C20H13ClN2OS/c21-17-8-4-3-7-16(17)19(24)23-20-22-18(12-25-20)15-10-9-13-5-1-2-6-14(13)11-15/h1-12H,(H,22,23,24). The summed E-state index contributed by atoms with van der Waals surface area (Å²) in [6.45, 7) is 0. The zero-order valence-electron chi connectivity index (χ0n) is 13.1. The molecule has 122 valence electrons. The van der Waals surface area contributed by atoms with E-state index in [0.717, 1.165) is 16.6 Å². The lowest BCUT2D eigenvalue weighted by Crippen LogP contribution is -2.12. The van der Waals surface area contributed by atoms with Crippen molar-refractivity contribution in [3.63, 3.8) is 0 Å². The molecule has 0 atom stereocenters. The van der Waals surface area contributed by atoms with Crippen LogP contribution in [0.4, 0.5) is 5.13 Å². The van der Waals surface area contributed by atoms with Gasteiger partial charge in [-0.05, 0) is 29.0 Å². The number of rotatable bonds is 3. The monoisotopic (exact) mass is 364 g/mol. The van der Waals surface area contributed by atoms with E-state index in [1.807, 2.05) is 23.6 Å². The number of fused-ring (bicyclic) bond motifs is 1. The Morgan fingerprint density at radius 2 is 1.72 bits per heavy atom. The molecule has 0 aliphatic carbocycles. The lowest BCUT2D eigenvalue weighted by molar-refractivity contribution is 0.102. The maximum Gasteiger partial charge on any atom is 0.258 e. The maximum absolute atomic E-state index is 12.3. The first-order chi connectivity index (χ1) is 12.2. The van der Waals surface area contributed by atoms with E-state index in [9.17, 15) is 4.79 Å².